The molecule has 2 nitrogen and oxygen atoms in total. The van der Waals surface area contributed by atoms with Crippen LogP contribution in [0, 0.1) is 5.92 Å². The van der Waals surface area contributed by atoms with E-state index in [1.54, 1.807) is 0 Å². The van der Waals surface area contributed by atoms with Crippen molar-refractivity contribution in [2.24, 2.45) is 5.92 Å². The van der Waals surface area contributed by atoms with Crippen molar-refractivity contribution in [3.05, 3.63) is 0 Å². The highest BCUT2D eigenvalue weighted by molar-refractivity contribution is 4.75. The zero-order valence-corrected chi connectivity index (χ0v) is 8.12. The normalized spacial score (nSPS) is 33.2. The van der Waals surface area contributed by atoms with E-state index < -0.39 is 0 Å². The Labute approximate surface area is 74.9 Å². The van der Waals surface area contributed by atoms with Crippen LogP contribution in [0.4, 0.5) is 0 Å². The highest BCUT2D eigenvalue weighted by Crippen LogP contribution is 2.23. The van der Waals surface area contributed by atoms with E-state index in [1.807, 2.05) is 0 Å². The predicted molar refractivity (Wildman–Crippen MR) is 49.1 cm³/mol. The summed E-state index contributed by atoms with van der Waals surface area (Å²) in [5.74, 6) is 0.718. The zero-order chi connectivity index (χ0) is 8.97. The summed E-state index contributed by atoms with van der Waals surface area (Å²) in [7, 11) is 0. The molecule has 0 spiro atoms. The molecule has 1 fully saturated rings. The molecule has 0 aromatic carbocycles. The summed E-state index contributed by atoms with van der Waals surface area (Å²) >= 11 is 0. The van der Waals surface area contributed by atoms with Crippen molar-refractivity contribution in [3.8, 4) is 0 Å². The highest BCUT2D eigenvalue weighted by Gasteiger charge is 2.25. The van der Waals surface area contributed by atoms with Crippen LogP contribution in [-0.2, 0) is 4.74 Å². The Morgan fingerprint density at radius 2 is 2.33 bits per heavy atom. The number of rotatable bonds is 3. The first kappa shape index (κ1) is 10.0. The Kier molecular flexibility index (Phi) is 4.02. The Morgan fingerprint density at radius 1 is 1.58 bits per heavy atom. The summed E-state index contributed by atoms with van der Waals surface area (Å²) in [6.45, 7) is 5.15. The minimum Gasteiger partial charge on any atom is -0.390 e. The number of hydrogen-bond donors (Lipinski definition) is 1. The van der Waals surface area contributed by atoms with Crippen LogP contribution in [0.25, 0.3) is 0 Å². The first-order chi connectivity index (χ1) is 5.74. The van der Waals surface area contributed by atoms with E-state index in [9.17, 15) is 5.11 Å². The highest BCUT2D eigenvalue weighted by atomic mass is 16.5. The van der Waals surface area contributed by atoms with Crippen LogP contribution in [0.2, 0.25) is 0 Å². The van der Waals surface area contributed by atoms with Gasteiger partial charge in [-0.15, -0.1) is 0 Å². The molecule has 12 heavy (non-hydrogen) atoms. The lowest BCUT2D eigenvalue weighted by molar-refractivity contribution is -0.0776. The summed E-state index contributed by atoms with van der Waals surface area (Å²) in [4.78, 5) is 0. The van der Waals surface area contributed by atoms with E-state index in [2.05, 4.69) is 13.8 Å². The van der Waals surface area contributed by atoms with Gasteiger partial charge in [0.05, 0.1) is 12.2 Å². The lowest BCUT2D eigenvalue weighted by Crippen LogP contribution is -2.34. The van der Waals surface area contributed by atoms with Gasteiger partial charge in [-0.05, 0) is 25.2 Å². The van der Waals surface area contributed by atoms with Gasteiger partial charge in [0.2, 0.25) is 0 Å². The largest absolute Gasteiger partial charge is 0.390 e. The van der Waals surface area contributed by atoms with Crippen LogP contribution < -0.4 is 0 Å². The molecule has 0 amide bonds. The summed E-state index contributed by atoms with van der Waals surface area (Å²) in [5.41, 5.74) is 0. The molecule has 0 bridgehead atoms. The smallest absolute Gasteiger partial charge is 0.0836 e. The van der Waals surface area contributed by atoms with Crippen molar-refractivity contribution >= 4 is 0 Å². The second-order valence-electron chi connectivity index (χ2n) is 3.89. The van der Waals surface area contributed by atoms with Gasteiger partial charge in [-0.3, -0.25) is 0 Å². The minimum absolute atomic E-state index is 0.105. The monoisotopic (exact) mass is 172 g/mol. The van der Waals surface area contributed by atoms with Crippen molar-refractivity contribution in [1.29, 1.82) is 0 Å². The number of hydrogen-bond acceptors (Lipinski definition) is 2. The quantitative estimate of drug-likeness (QED) is 0.705. The summed E-state index contributed by atoms with van der Waals surface area (Å²) < 4.78 is 5.51. The molecule has 1 aliphatic rings. The van der Waals surface area contributed by atoms with Gasteiger partial charge in [0.1, 0.15) is 0 Å². The fourth-order valence-electron chi connectivity index (χ4n) is 1.75. The Balaban J connectivity index is 2.29. The van der Waals surface area contributed by atoms with Crippen LogP contribution in [-0.4, -0.2) is 23.9 Å². The van der Waals surface area contributed by atoms with Gasteiger partial charge in [0.15, 0.2) is 0 Å². The Hall–Kier alpha value is -0.0800. The van der Waals surface area contributed by atoms with Gasteiger partial charge < -0.3 is 9.84 Å². The summed E-state index contributed by atoms with van der Waals surface area (Å²) in [5, 5.41) is 9.67. The maximum Gasteiger partial charge on any atom is 0.0836 e. The molecule has 2 heteroatoms. The second kappa shape index (κ2) is 4.83. The molecular formula is C10H20O2. The minimum atomic E-state index is -0.238. The molecule has 1 rings (SSSR count). The second-order valence-corrected chi connectivity index (χ2v) is 3.89. The molecule has 0 aromatic heterocycles. The Morgan fingerprint density at radius 3 is 2.92 bits per heavy atom. The van der Waals surface area contributed by atoms with E-state index in [0.717, 1.165) is 38.2 Å². The van der Waals surface area contributed by atoms with Crippen molar-refractivity contribution in [1.82, 2.24) is 0 Å². The van der Waals surface area contributed by atoms with Crippen molar-refractivity contribution in [2.75, 3.05) is 6.61 Å². The fraction of sp³-hybridized carbons (Fsp3) is 1.00. The third kappa shape index (κ3) is 2.76. The molecule has 72 valence electrons. The van der Waals surface area contributed by atoms with Gasteiger partial charge in [-0.1, -0.05) is 20.3 Å². The van der Waals surface area contributed by atoms with Crippen LogP contribution in [0.15, 0.2) is 0 Å². The Bertz CT molecular complexity index is 125. The maximum atomic E-state index is 9.67. The number of aliphatic hydroxyl groups excluding tert-OH is 1. The fourth-order valence-corrected chi connectivity index (χ4v) is 1.75. The lowest BCUT2D eigenvalue weighted by Gasteiger charge is -2.30. The molecule has 0 aromatic rings. The summed E-state index contributed by atoms with van der Waals surface area (Å²) in [6, 6.07) is 0. The van der Waals surface area contributed by atoms with E-state index in [4.69, 9.17) is 4.74 Å². The van der Waals surface area contributed by atoms with E-state index in [1.165, 1.54) is 0 Å². The molecule has 1 heterocycles. The topological polar surface area (TPSA) is 29.5 Å². The molecule has 3 atom stereocenters. The first-order valence-electron chi connectivity index (χ1n) is 5.03. The predicted octanol–water partition coefficient (Wildman–Crippen LogP) is 1.96. The van der Waals surface area contributed by atoms with Crippen LogP contribution in [0.1, 0.15) is 39.5 Å². The van der Waals surface area contributed by atoms with Gasteiger partial charge in [0.25, 0.3) is 0 Å². The molecular weight excluding hydrogens is 152 g/mol. The van der Waals surface area contributed by atoms with Crippen LogP contribution in [0.3, 0.4) is 0 Å². The van der Waals surface area contributed by atoms with Crippen LogP contribution >= 0.6 is 0 Å². The van der Waals surface area contributed by atoms with E-state index >= 15 is 0 Å². The third-order valence-corrected chi connectivity index (χ3v) is 2.59. The average Bonchev–Trinajstić information content (AvgIpc) is 2.05. The molecule has 1 N–H and O–H groups in total. The average molecular weight is 172 g/mol. The van der Waals surface area contributed by atoms with E-state index in [-0.39, 0.29) is 12.2 Å². The van der Waals surface area contributed by atoms with Gasteiger partial charge in [0, 0.05) is 6.61 Å². The van der Waals surface area contributed by atoms with Crippen molar-refractivity contribution in [3.63, 3.8) is 0 Å². The zero-order valence-electron chi connectivity index (χ0n) is 8.12. The van der Waals surface area contributed by atoms with E-state index in [0.29, 0.717) is 0 Å². The molecule has 3 unspecified atom stereocenters. The van der Waals surface area contributed by atoms with Crippen molar-refractivity contribution in [2.45, 2.75) is 51.7 Å². The molecule has 1 saturated heterocycles. The SMILES string of the molecule is CCCC(O)C1CC(C)CCO1. The van der Waals surface area contributed by atoms with Crippen molar-refractivity contribution < 1.29 is 9.84 Å². The van der Waals surface area contributed by atoms with Gasteiger partial charge in [-0.2, -0.15) is 0 Å². The standard InChI is InChI=1S/C10H20O2/c1-3-4-9(11)10-7-8(2)5-6-12-10/h8-11H,3-7H2,1-2H3. The van der Waals surface area contributed by atoms with Gasteiger partial charge in [-0.25, -0.2) is 0 Å². The number of ether oxygens (including phenoxy) is 1. The first-order valence-corrected chi connectivity index (χ1v) is 5.03. The molecule has 1 aliphatic heterocycles. The lowest BCUT2D eigenvalue weighted by atomic mass is 9.93. The van der Waals surface area contributed by atoms with Crippen LogP contribution in [0.5, 0.6) is 0 Å². The molecule has 0 saturated carbocycles. The molecule has 0 radical (unpaired) electrons. The third-order valence-electron chi connectivity index (χ3n) is 2.59. The summed E-state index contributed by atoms with van der Waals surface area (Å²) in [6.07, 6.45) is 3.95. The molecule has 0 aliphatic carbocycles. The van der Waals surface area contributed by atoms with Gasteiger partial charge >= 0.3 is 0 Å². The number of aliphatic hydroxyl groups is 1. The maximum absolute atomic E-state index is 9.67.